The maximum atomic E-state index is 10.9. The van der Waals surface area contributed by atoms with Gasteiger partial charge in [0.05, 0.1) is 22.0 Å². The molecule has 0 saturated heterocycles. The molecule has 1 heterocycles. The Hall–Kier alpha value is -1.73. The fourth-order valence-corrected chi connectivity index (χ4v) is 2.64. The van der Waals surface area contributed by atoms with E-state index in [2.05, 4.69) is 24.7 Å². The molecule has 7 heteroatoms. The van der Waals surface area contributed by atoms with Crippen LogP contribution in [-0.4, -0.2) is 29.4 Å². The molecular formula is C13H19N3O3Si. The highest BCUT2D eigenvalue weighted by atomic mass is 28.3. The Kier molecular flexibility index (Phi) is 4.19. The van der Waals surface area contributed by atoms with E-state index in [0.717, 1.165) is 11.6 Å². The molecule has 0 amide bonds. The number of aromatic nitrogens is 2. The molecular weight excluding hydrogens is 274 g/mol. The second-order valence-corrected chi connectivity index (χ2v) is 11.6. The molecule has 0 atom stereocenters. The highest BCUT2D eigenvalue weighted by molar-refractivity contribution is 6.76. The van der Waals surface area contributed by atoms with E-state index >= 15 is 0 Å². The molecule has 0 unspecified atom stereocenters. The first-order valence-corrected chi connectivity index (χ1v) is 10.3. The zero-order valence-corrected chi connectivity index (χ0v) is 13.0. The Morgan fingerprint density at radius 1 is 1.40 bits per heavy atom. The fourth-order valence-electron chi connectivity index (χ4n) is 1.88. The van der Waals surface area contributed by atoms with Crippen LogP contribution in [0.3, 0.4) is 0 Å². The van der Waals surface area contributed by atoms with Crippen LogP contribution in [0.25, 0.3) is 10.9 Å². The van der Waals surface area contributed by atoms with E-state index in [1.165, 1.54) is 12.3 Å². The third kappa shape index (κ3) is 3.43. The van der Waals surface area contributed by atoms with E-state index in [9.17, 15) is 10.1 Å². The van der Waals surface area contributed by atoms with Crippen molar-refractivity contribution >= 4 is 24.7 Å². The second-order valence-electron chi connectivity index (χ2n) is 5.96. The van der Waals surface area contributed by atoms with Gasteiger partial charge >= 0.3 is 0 Å². The molecule has 0 aliphatic rings. The number of non-ortho nitro benzene ring substituents is 1. The molecule has 6 nitrogen and oxygen atoms in total. The van der Waals surface area contributed by atoms with Crippen LogP contribution in [0, 0.1) is 10.1 Å². The maximum Gasteiger partial charge on any atom is 0.280 e. The highest BCUT2D eigenvalue weighted by Gasteiger charge is 2.15. The lowest BCUT2D eigenvalue weighted by Crippen LogP contribution is -2.22. The third-order valence-corrected chi connectivity index (χ3v) is 4.78. The fraction of sp³-hybridized carbons (Fsp3) is 0.462. The summed E-state index contributed by atoms with van der Waals surface area (Å²) in [5.41, 5.74) is 0.808. The van der Waals surface area contributed by atoms with Gasteiger partial charge in [-0.25, -0.2) is 4.68 Å². The molecule has 108 valence electrons. The second kappa shape index (κ2) is 5.72. The van der Waals surface area contributed by atoms with E-state index < -0.39 is 8.07 Å². The Morgan fingerprint density at radius 3 is 2.80 bits per heavy atom. The number of nitrogens with zero attached hydrogens (tertiary/aromatic N) is 3. The Labute approximate surface area is 118 Å². The first kappa shape index (κ1) is 14.7. The van der Waals surface area contributed by atoms with Crippen molar-refractivity contribution in [3.05, 3.63) is 34.5 Å². The van der Waals surface area contributed by atoms with E-state index in [4.69, 9.17) is 4.74 Å². The molecule has 0 fully saturated rings. The SMILES string of the molecule is C[Si](C)(C)CCOCn1ncc2c([N+](=O)[O-])cccc21. The van der Waals surface area contributed by atoms with Crippen molar-refractivity contribution in [2.75, 3.05) is 6.61 Å². The van der Waals surface area contributed by atoms with Gasteiger partial charge in [-0.15, -0.1) is 0 Å². The Morgan fingerprint density at radius 2 is 2.15 bits per heavy atom. The van der Waals surface area contributed by atoms with Crippen LogP contribution in [0.5, 0.6) is 0 Å². The minimum absolute atomic E-state index is 0.0795. The van der Waals surface area contributed by atoms with Gasteiger partial charge in [0.1, 0.15) is 6.73 Å². The van der Waals surface area contributed by atoms with Gasteiger partial charge in [-0.2, -0.15) is 5.10 Å². The number of nitro benzene ring substituents is 1. The van der Waals surface area contributed by atoms with Crippen molar-refractivity contribution < 1.29 is 9.66 Å². The summed E-state index contributed by atoms with van der Waals surface area (Å²) in [5, 5.41) is 15.7. The number of hydrogen-bond donors (Lipinski definition) is 0. The van der Waals surface area contributed by atoms with Crippen LogP contribution in [0.1, 0.15) is 0 Å². The summed E-state index contributed by atoms with van der Waals surface area (Å²) >= 11 is 0. The summed E-state index contributed by atoms with van der Waals surface area (Å²) in [7, 11) is -1.10. The lowest BCUT2D eigenvalue weighted by molar-refractivity contribution is -0.383. The van der Waals surface area contributed by atoms with Gasteiger partial charge in [-0.1, -0.05) is 25.7 Å². The molecule has 2 rings (SSSR count). The lowest BCUT2D eigenvalue weighted by atomic mass is 10.2. The molecule has 2 aromatic rings. The quantitative estimate of drug-likeness (QED) is 0.355. The first-order chi connectivity index (χ1) is 9.38. The van der Waals surface area contributed by atoms with Gasteiger partial charge in [0.25, 0.3) is 5.69 Å². The molecule has 0 aliphatic carbocycles. The predicted molar refractivity (Wildman–Crippen MR) is 80.5 cm³/mol. The largest absolute Gasteiger partial charge is 0.360 e. The zero-order chi connectivity index (χ0) is 14.8. The molecule has 0 N–H and O–H groups in total. The van der Waals surface area contributed by atoms with Crippen molar-refractivity contribution in [2.24, 2.45) is 0 Å². The van der Waals surface area contributed by atoms with E-state index in [1.807, 2.05) is 6.07 Å². The Balaban J connectivity index is 2.08. The molecule has 1 aromatic carbocycles. The molecule has 20 heavy (non-hydrogen) atoms. The molecule has 0 saturated carbocycles. The standard InChI is InChI=1S/C13H19N3O3Si/c1-20(2,3)8-7-19-10-15-12-5-4-6-13(16(17)18)11(12)9-14-15/h4-6,9H,7-8,10H2,1-3H3. The summed E-state index contributed by atoms with van der Waals surface area (Å²) in [6, 6.07) is 6.06. The zero-order valence-electron chi connectivity index (χ0n) is 12.0. The average Bonchev–Trinajstić information content (AvgIpc) is 2.76. The van der Waals surface area contributed by atoms with Crippen LogP contribution in [-0.2, 0) is 11.5 Å². The highest BCUT2D eigenvalue weighted by Crippen LogP contribution is 2.24. The minimum atomic E-state index is -1.10. The number of hydrogen-bond acceptors (Lipinski definition) is 4. The summed E-state index contributed by atoms with van der Waals surface area (Å²) in [4.78, 5) is 10.5. The molecule has 1 aromatic heterocycles. The number of benzene rings is 1. The number of fused-ring (bicyclic) bond motifs is 1. The van der Waals surface area contributed by atoms with Gasteiger partial charge in [0.2, 0.25) is 0 Å². The average molecular weight is 293 g/mol. The van der Waals surface area contributed by atoms with Crippen molar-refractivity contribution in [3.8, 4) is 0 Å². The normalized spacial score (nSPS) is 11.9. The van der Waals surface area contributed by atoms with E-state index in [1.54, 1.807) is 10.7 Å². The van der Waals surface area contributed by atoms with Gasteiger partial charge in [-0.05, 0) is 12.1 Å². The van der Waals surface area contributed by atoms with Crippen molar-refractivity contribution in [2.45, 2.75) is 32.4 Å². The van der Waals surface area contributed by atoms with Crippen LogP contribution in [0.2, 0.25) is 25.7 Å². The summed E-state index contributed by atoms with van der Waals surface area (Å²) in [6.07, 6.45) is 1.52. The van der Waals surface area contributed by atoms with E-state index in [0.29, 0.717) is 18.7 Å². The van der Waals surface area contributed by atoms with Gasteiger partial charge in [0.15, 0.2) is 0 Å². The monoisotopic (exact) mass is 293 g/mol. The van der Waals surface area contributed by atoms with Crippen molar-refractivity contribution in [3.63, 3.8) is 0 Å². The summed E-state index contributed by atoms with van der Waals surface area (Å²) < 4.78 is 7.29. The van der Waals surface area contributed by atoms with Crippen LogP contribution >= 0.6 is 0 Å². The van der Waals surface area contributed by atoms with Crippen LogP contribution in [0.15, 0.2) is 24.4 Å². The number of ether oxygens (including phenoxy) is 1. The third-order valence-electron chi connectivity index (χ3n) is 3.07. The molecule has 0 aliphatic heterocycles. The van der Waals surface area contributed by atoms with Crippen LogP contribution in [0.4, 0.5) is 5.69 Å². The number of rotatable bonds is 6. The van der Waals surface area contributed by atoms with Crippen LogP contribution < -0.4 is 0 Å². The van der Waals surface area contributed by atoms with Gasteiger partial charge in [-0.3, -0.25) is 10.1 Å². The van der Waals surface area contributed by atoms with Crippen molar-refractivity contribution in [1.82, 2.24) is 9.78 Å². The molecule has 0 bridgehead atoms. The molecule has 0 radical (unpaired) electrons. The van der Waals surface area contributed by atoms with Gasteiger partial charge in [0, 0.05) is 20.7 Å². The lowest BCUT2D eigenvalue weighted by Gasteiger charge is -2.15. The van der Waals surface area contributed by atoms with Gasteiger partial charge < -0.3 is 4.74 Å². The maximum absolute atomic E-state index is 10.9. The minimum Gasteiger partial charge on any atom is -0.360 e. The smallest absolute Gasteiger partial charge is 0.280 e. The number of nitro groups is 1. The van der Waals surface area contributed by atoms with E-state index in [-0.39, 0.29) is 10.6 Å². The summed E-state index contributed by atoms with van der Waals surface area (Å²) in [5.74, 6) is 0. The Bertz CT molecular complexity index is 619. The molecule has 0 spiro atoms. The summed E-state index contributed by atoms with van der Waals surface area (Å²) in [6.45, 7) is 7.91. The first-order valence-electron chi connectivity index (χ1n) is 6.55. The predicted octanol–water partition coefficient (Wildman–Crippen LogP) is 3.26. The topological polar surface area (TPSA) is 70.2 Å². The van der Waals surface area contributed by atoms with Crippen molar-refractivity contribution in [1.29, 1.82) is 0 Å².